The van der Waals surface area contributed by atoms with Gasteiger partial charge in [-0.3, -0.25) is 0 Å². The van der Waals surface area contributed by atoms with Crippen molar-refractivity contribution in [2.24, 2.45) is 5.73 Å². The van der Waals surface area contributed by atoms with Crippen LogP contribution in [0.4, 0.5) is 5.69 Å². The minimum absolute atomic E-state index is 0.707. The van der Waals surface area contributed by atoms with Crippen molar-refractivity contribution in [3.8, 4) is 0 Å². The van der Waals surface area contributed by atoms with Crippen molar-refractivity contribution in [2.45, 2.75) is 19.8 Å². The number of nitrogens with one attached hydrogen (secondary N) is 1. The molecule has 1 rings (SSSR count). The molecule has 0 atom stereocenters. The Labute approximate surface area is 88.8 Å². The van der Waals surface area contributed by atoms with Gasteiger partial charge in [-0.2, -0.15) is 0 Å². The highest BCUT2D eigenvalue weighted by Gasteiger charge is 2.11. The lowest BCUT2D eigenvalue weighted by Crippen LogP contribution is -2.12. The van der Waals surface area contributed by atoms with E-state index in [9.17, 15) is 0 Å². The van der Waals surface area contributed by atoms with Gasteiger partial charge in [0.2, 0.25) is 0 Å². The van der Waals surface area contributed by atoms with Gasteiger partial charge in [0.25, 0.3) is 0 Å². The molecule has 3 N–H and O–H groups in total. The van der Waals surface area contributed by atoms with Crippen LogP contribution < -0.4 is 11.1 Å². The summed E-state index contributed by atoms with van der Waals surface area (Å²) in [5.41, 5.74) is 7.67. The maximum atomic E-state index is 5.39. The van der Waals surface area contributed by atoms with E-state index < -0.39 is 0 Å². The molecule has 1 aromatic rings. The van der Waals surface area contributed by atoms with Gasteiger partial charge in [0, 0.05) is 6.54 Å². The van der Waals surface area contributed by atoms with Crippen LogP contribution in [-0.4, -0.2) is 13.1 Å². The highest BCUT2D eigenvalue weighted by atomic mass is 32.1. The van der Waals surface area contributed by atoms with Crippen molar-refractivity contribution < 1.29 is 0 Å². The molecule has 0 aliphatic rings. The van der Waals surface area contributed by atoms with Gasteiger partial charge in [0.1, 0.15) is 0 Å². The van der Waals surface area contributed by atoms with Crippen LogP contribution in [0.2, 0.25) is 0 Å². The van der Waals surface area contributed by atoms with Crippen molar-refractivity contribution in [3.05, 3.63) is 14.6 Å². The molecule has 0 aromatic heterocycles. The van der Waals surface area contributed by atoms with Crippen molar-refractivity contribution in [2.75, 3.05) is 18.4 Å². The molecule has 0 saturated heterocycles. The van der Waals surface area contributed by atoms with Crippen LogP contribution in [0.1, 0.15) is 18.9 Å². The maximum Gasteiger partial charge on any atom is 0.0796 e. The molecule has 1 aromatic carbocycles. The fraction of sp³-hybridized carbons (Fsp3) is 0.556. The van der Waals surface area contributed by atoms with Gasteiger partial charge in [-0.1, -0.05) is 31.4 Å². The topological polar surface area (TPSA) is 38.0 Å². The third-order valence-electron chi connectivity index (χ3n) is 2.05. The molecule has 72 valence electrons. The van der Waals surface area contributed by atoms with E-state index in [1.807, 2.05) is 0 Å². The lowest BCUT2D eigenvalue weighted by molar-refractivity contribution is 0.870. The normalized spacial score (nSPS) is 10.6. The summed E-state index contributed by atoms with van der Waals surface area (Å²) in [6.45, 7) is 3.69. The second-order valence-corrected chi connectivity index (χ2v) is 3.75. The summed E-state index contributed by atoms with van der Waals surface area (Å²) in [5.74, 6) is 0. The molecule has 0 radical (unpaired) electrons. The molecule has 0 saturated carbocycles. The molecule has 0 aliphatic carbocycles. The average molecular weight is 214 g/mol. The van der Waals surface area contributed by atoms with Gasteiger partial charge in [-0.25, -0.2) is 0 Å². The molecule has 13 heavy (non-hydrogen) atoms. The molecule has 0 spiro atoms. The van der Waals surface area contributed by atoms with Gasteiger partial charge in [-0.15, -0.1) is 0 Å². The molecule has 0 amide bonds. The SMILES string of the molecule is CCc1c(NCCCN)c(=S)c1=S. The Morgan fingerprint density at radius 2 is 2.00 bits per heavy atom. The van der Waals surface area contributed by atoms with E-state index in [0.29, 0.717) is 6.54 Å². The van der Waals surface area contributed by atoms with Crippen LogP contribution >= 0.6 is 24.4 Å². The van der Waals surface area contributed by atoms with Crippen LogP contribution in [0.5, 0.6) is 0 Å². The van der Waals surface area contributed by atoms with Gasteiger partial charge in [-0.05, 0) is 24.9 Å². The summed E-state index contributed by atoms with van der Waals surface area (Å²) in [4.78, 5) is 0. The van der Waals surface area contributed by atoms with E-state index in [1.165, 1.54) is 5.56 Å². The van der Waals surface area contributed by atoms with E-state index in [1.54, 1.807) is 0 Å². The van der Waals surface area contributed by atoms with Gasteiger partial charge >= 0.3 is 0 Å². The van der Waals surface area contributed by atoms with Crippen LogP contribution in [-0.2, 0) is 6.42 Å². The van der Waals surface area contributed by atoms with Crippen LogP contribution in [0.3, 0.4) is 0 Å². The van der Waals surface area contributed by atoms with Gasteiger partial charge < -0.3 is 11.1 Å². The van der Waals surface area contributed by atoms with E-state index in [4.69, 9.17) is 30.2 Å². The van der Waals surface area contributed by atoms with Crippen LogP contribution in [0.25, 0.3) is 0 Å². The molecule has 4 heteroatoms. The fourth-order valence-electron chi connectivity index (χ4n) is 1.28. The Balaban J connectivity index is 2.62. The summed E-state index contributed by atoms with van der Waals surface area (Å²) < 4.78 is 1.69. The summed E-state index contributed by atoms with van der Waals surface area (Å²) >= 11 is 10.2. The Kier molecular flexibility index (Phi) is 3.96. The minimum atomic E-state index is 0.707. The predicted octanol–water partition coefficient (Wildman–Crippen LogP) is 2.34. The van der Waals surface area contributed by atoms with E-state index in [2.05, 4.69) is 12.2 Å². The lowest BCUT2D eigenvalue weighted by atomic mass is 10.1. The average Bonchev–Trinajstić information content (AvgIpc) is 2.16. The van der Waals surface area contributed by atoms with Crippen LogP contribution in [0.15, 0.2) is 0 Å². The van der Waals surface area contributed by atoms with Crippen LogP contribution in [0, 0.1) is 9.02 Å². The van der Waals surface area contributed by atoms with Crippen molar-refractivity contribution in [3.63, 3.8) is 0 Å². The standard InChI is InChI=1S/C9H14N2S2/c1-2-6-7(9(13)8(6)12)11-5-3-4-10/h11H,2-5,10H2,1H3. The second-order valence-electron chi connectivity index (χ2n) is 2.93. The quantitative estimate of drug-likeness (QED) is 0.583. The Bertz CT molecular complexity index is 350. The van der Waals surface area contributed by atoms with E-state index in [0.717, 1.165) is 34.1 Å². The van der Waals surface area contributed by atoms with Crippen molar-refractivity contribution >= 4 is 30.1 Å². The smallest absolute Gasteiger partial charge is 0.0796 e. The first-order valence-corrected chi connectivity index (χ1v) is 5.30. The number of hydrogen-bond acceptors (Lipinski definition) is 4. The van der Waals surface area contributed by atoms with Gasteiger partial charge in [0.15, 0.2) is 0 Å². The number of anilines is 1. The fourth-order valence-corrected chi connectivity index (χ4v) is 1.95. The number of nitrogens with two attached hydrogens (primary N) is 1. The molecule has 0 fully saturated rings. The first kappa shape index (κ1) is 10.8. The molecule has 0 bridgehead atoms. The maximum absolute atomic E-state index is 5.39. The Morgan fingerprint density at radius 1 is 1.31 bits per heavy atom. The summed E-state index contributed by atoms with van der Waals surface area (Å²) in [6.07, 6.45) is 1.93. The van der Waals surface area contributed by atoms with E-state index in [-0.39, 0.29) is 0 Å². The number of hydrogen-bond donors (Lipinski definition) is 2. The molecule has 0 unspecified atom stereocenters. The second kappa shape index (κ2) is 4.79. The number of rotatable bonds is 5. The summed E-state index contributed by atoms with van der Waals surface area (Å²) in [6, 6.07) is 0. The molecule has 0 heterocycles. The van der Waals surface area contributed by atoms with Gasteiger partial charge in [0.05, 0.1) is 14.7 Å². The monoisotopic (exact) mass is 214 g/mol. The van der Waals surface area contributed by atoms with Crippen molar-refractivity contribution in [1.82, 2.24) is 0 Å². The summed E-state index contributed by atoms with van der Waals surface area (Å²) in [7, 11) is 0. The molecule has 0 aliphatic heterocycles. The first-order chi connectivity index (χ1) is 6.22. The predicted molar refractivity (Wildman–Crippen MR) is 62.0 cm³/mol. The third kappa shape index (κ3) is 2.13. The Morgan fingerprint density at radius 3 is 2.54 bits per heavy atom. The highest BCUT2D eigenvalue weighted by molar-refractivity contribution is 7.74. The zero-order valence-corrected chi connectivity index (χ0v) is 9.36. The Hall–Kier alpha value is -0.320. The minimum Gasteiger partial charge on any atom is -0.384 e. The first-order valence-electron chi connectivity index (χ1n) is 4.48. The zero-order chi connectivity index (χ0) is 9.84. The van der Waals surface area contributed by atoms with E-state index >= 15 is 0 Å². The molecular weight excluding hydrogens is 200 g/mol. The molecule has 2 nitrogen and oxygen atoms in total. The highest BCUT2D eigenvalue weighted by Crippen LogP contribution is 2.26. The largest absolute Gasteiger partial charge is 0.384 e. The third-order valence-corrected chi connectivity index (χ3v) is 3.03. The van der Waals surface area contributed by atoms with Crippen molar-refractivity contribution in [1.29, 1.82) is 0 Å². The zero-order valence-electron chi connectivity index (χ0n) is 7.72. The molecular formula is C9H14N2S2. The summed E-state index contributed by atoms with van der Waals surface area (Å²) in [5, 5.41) is 3.27. The lowest BCUT2D eigenvalue weighted by Gasteiger charge is -2.14.